The van der Waals surface area contributed by atoms with Gasteiger partial charge in [-0.15, -0.1) is 11.3 Å². The molecule has 0 aliphatic heterocycles. The first-order valence-electron chi connectivity index (χ1n) is 9.84. The summed E-state index contributed by atoms with van der Waals surface area (Å²) in [4.78, 5) is 16.0. The normalized spacial score (nSPS) is 11.2. The van der Waals surface area contributed by atoms with Crippen molar-refractivity contribution < 1.29 is 13.2 Å². The average Bonchev–Trinajstić information content (AvgIpc) is 3.24. The van der Waals surface area contributed by atoms with Crippen molar-refractivity contribution >= 4 is 38.6 Å². The van der Waals surface area contributed by atoms with E-state index in [1.807, 2.05) is 29.6 Å². The molecule has 2 N–H and O–H groups in total. The first kappa shape index (κ1) is 21.7. The Morgan fingerprint density at radius 1 is 0.906 bits per heavy atom. The van der Waals surface area contributed by atoms with Gasteiger partial charge in [-0.1, -0.05) is 36.4 Å². The number of aryl methyl sites for hydroxylation is 1. The summed E-state index contributed by atoms with van der Waals surface area (Å²) >= 11 is 1.58. The molecule has 32 heavy (non-hydrogen) atoms. The molecule has 3 aromatic carbocycles. The fourth-order valence-electron chi connectivity index (χ4n) is 3.19. The summed E-state index contributed by atoms with van der Waals surface area (Å²) in [6, 6.07) is 21.2. The molecule has 4 aromatic rings. The van der Waals surface area contributed by atoms with E-state index in [4.69, 9.17) is 4.98 Å². The van der Waals surface area contributed by atoms with Crippen LogP contribution in [0.5, 0.6) is 0 Å². The van der Waals surface area contributed by atoms with Gasteiger partial charge in [0.1, 0.15) is 5.01 Å². The fraction of sp³-hybridized carbons (Fsp3) is 0.0833. The van der Waals surface area contributed by atoms with E-state index in [2.05, 4.69) is 29.1 Å². The van der Waals surface area contributed by atoms with Gasteiger partial charge in [-0.3, -0.25) is 9.52 Å². The summed E-state index contributed by atoms with van der Waals surface area (Å²) < 4.78 is 27.9. The highest BCUT2D eigenvalue weighted by molar-refractivity contribution is 7.92. The largest absolute Gasteiger partial charge is 0.326 e. The van der Waals surface area contributed by atoms with E-state index in [0.717, 1.165) is 21.8 Å². The molecule has 0 fully saturated rings. The van der Waals surface area contributed by atoms with Crippen molar-refractivity contribution in [2.24, 2.45) is 0 Å². The number of benzene rings is 3. The molecule has 1 heterocycles. The Morgan fingerprint density at radius 2 is 1.56 bits per heavy atom. The van der Waals surface area contributed by atoms with Crippen LogP contribution in [0.25, 0.3) is 21.8 Å². The molecule has 8 heteroatoms. The van der Waals surface area contributed by atoms with E-state index in [-0.39, 0.29) is 10.8 Å². The van der Waals surface area contributed by atoms with Crippen molar-refractivity contribution in [1.29, 1.82) is 0 Å². The Labute approximate surface area is 191 Å². The first-order valence-corrected chi connectivity index (χ1v) is 12.2. The topological polar surface area (TPSA) is 88.2 Å². The average molecular weight is 464 g/mol. The summed E-state index contributed by atoms with van der Waals surface area (Å²) in [6.45, 7) is 3.45. The maximum atomic E-state index is 12.7. The van der Waals surface area contributed by atoms with Gasteiger partial charge in [0.25, 0.3) is 10.0 Å². The molecule has 1 aromatic heterocycles. The molecule has 0 radical (unpaired) electrons. The zero-order chi connectivity index (χ0) is 22.7. The molecule has 0 bridgehead atoms. The summed E-state index contributed by atoms with van der Waals surface area (Å²) in [7, 11) is -3.75. The Hall–Kier alpha value is -3.49. The molecule has 0 saturated heterocycles. The van der Waals surface area contributed by atoms with Gasteiger partial charge in [0.15, 0.2) is 0 Å². The van der Waals surface area contributed by atoms with Gasteiger partial charge in [0, 0.05) is 34.8 Å². The number of nitrogens with one attached hydrogen (secondary N) is 2. The Bertz CT molecular complexity index is 1360. The number of hydrogen-bond acceptors (Lipinski definition) is 5. The summed E-state index contributed by atoms with van der Waals surface area (Å²) in [5.41, 5.74) is 5.02. The van der Waals surface area contributed by atoms with Crippen molar-refractivity contribution in [2.45, 2.75) is 18.7 Å². The number of aromatic nitrogens is 1. The van der Waals surface area contributed by atoms with E-state index in [1.54, 1.807) is 35.6 Å². The van der Waals surface area contributed by atoms with Gasteiger partial charge in [-0.05, 0) is 48.9 Å². The van der Waals surface area contributed by atoms with Crippen LogP contribution in [-0.2, 0) is 14.8 Å². The van der Waals surface area contributed by atoms with Crippen molar-refractivity contribution in [3.8, 4) is 21.8 Å². The van der Waals surface area contributed by atoms with Crippen LogP contribution in [0.2, 0.25) is 0 Å². The van der Waals surface area contributed by atoms with E-state index in [9.17, 15) is 13.2 Å². The minimum absolute atomic E-state index is 0.109. The third-order valence-electron chi connectivity index (χ3n) is 4.80. The molecule has 0 spiro atoms. The number of rotatable bonds is 6. The Balaban J connectivity index is 1.49. The van der Waals surface area contributed by atoms with Gasteiger partial charge in [-0.2, -0.15) is 0 Å². The number of carbonyl (C=O) groups is 1. The molecule has 6 nitrogen and oxygen atoms in total. The number of hydrogen-bond donors (Lipinski definition) is 2. The van der Waals surface area contributed by atoms with Crippen LogP contribution < -0.4 is 10.0 Å². The van der Waals surface area contributed by atoms with Gasteiger partial charge in [-0.25, -0.2) is 13.4 Å². The summed E-state index contributed by atoms with van der Waals surface area (Å²) in [5.74, 6) is -0.218. The van der Waals surface area contributed by atoms with Crippen LogP contribution in [0.1, 0.15) is 12.5 Å². The number of amides is 1. The minimum atomic E-state index is -3.75. The first-order chi connectivity index (χ1) is 15.3. The molecule has 4 rings (SSSR count). The van der Waals surface area contributed by atoms with Gasteiger partial charge in [0.2, 0.25) is 5.91 Å². The standard InChI is InChI=1S/C24H21N3O3S2/c1-16-5-3-4-6-22(16)24-26-23(15-31-24)18-7-9-20(10-8-18)27-32(29,30)21-13-11-19(12-14-21)25-17(2)28/h3-15,27H,1-2H3,(H,25,28). The van der Waals surface area contributed by atoms with E-state index >= 15 is 0 Å². The predicted molar refractivity (Wildman–Crippen MR) is 129 cm³/mol. The third-order valence-corrected chi connectivity index (χ3v) is 7.07. The number of carbonyl (C=O) groups excluding carboxylic acids is 1. The van der Waals surface area contributed by atoms with E-state index in [1.165, 1.54) is 24.6 Å². The quantitative estimate of drug-likeness (QED) is 0.393. The molecule has 1 amide bonds. The van der Waals surface area contributed by atoms with Crippen molar-refractivity contribution in [1.82, 2.24) is 4.98 Å². The lowest BCUT2D eigenvalue weighted by molar-refractivity contribution is -0.114. The highest BCUT2D eigenvalue weighted by Gasteiger charge is 2.15. The van der Waals surface area contributed by atoms with E-state index in [0.29, 0.717) is 11.4 Å². The van der Waals surface area contributed by atoms with Crippen LogP contribution >= 0.6 is 11.3 Å². The highest BCUT2D eigenvalue weighted by Crippen LogP contribution is 2.31. The third kappa shape index (κ3) is 4.87. The molecular formula is C24H21N3O3S2. The molecule has 0 saturated carbocycles. The zero-order valence-electron chi connectivity index (χ0n) is 17.5. The van der Waals surface area contributed by atoms with Crippen LogP contribution in [0.15, 0.2) is 83.1 Å². The van der Waals surface area contributed by atoms with Crippen LogP contribution in [0, 0.1) is 6.92 Å². The van der Waals surface area contributed by atoms with E-state index < -0.39 is 10.0 Å². The van der Waals surface area contributed by atoms with Crippen molar-refractivity contribution in [2.75, 3.05) is 10.0 Å². The SMILES string of the molecule is CC(=O)Nc1ccc(S(=O)(=O)Nc2ccc(-c3csc(-c4ccccc4C)n3)cc2)cc1. The van der Waals surface area contributed by atoms with Crippen molar-refractivity contribution in [3.63, 3.8) is 0 Å². The van der Waals surface area contributed by atoms with Gasteiger partial charge in [0.05, 0.1) is 10.6 Å². The number of anilines is 2. The summed E-state index contributed by atoms with van der Waals surface area (Å²) in [6.07, 6.45) is 0. The number of thiazole rings is 1. The lowest BCUT2D eigenvalue weighted by Gasteiger charge is -2.09. The monoisotopic (exact) mass is 463 g/mol. The van der Waals surface area contributed by atoms with Crippen LogP contribution in [0.4, 0.5) is 11.4 Å². The minimum Gasteiger partial charge on any atom is -0.326 e. The summed E-state index contributed by atoms with van der Waals surface area (Å²) in [5, 5.41) is 5.56. The highest BCUT2D eigenvalue weighted by atomic mass is 32.2. The molecule has 0 aliphatic carbocycles. The molecule has 0 atom stereocenters. The molecule has 0 unspecified atom stereocenters. The fourth-order valence-corrected chi connectivity index (χ4v) is 5.16. The number of sulfonamides is 1. The number of nitrogens with zero attached hydrogens (tertiary/aromatic N) is 1. The predicted octanol–water partition coefficient (Wildman–Crippen LogP) is 5.54. The maximum absolute atomic E-state index is 12.7. The molecular weight excluding hydrogens is 442 g/mol. The molecule has 0 aliphatic rings. The van der Waals surface area contributed by atoms with Crippen molar-refractivity contribution in [3.05, 3.63) is 83.7 Å². The second-order valence-corrected chi connectivity index (χ2v) is 9.78. The maximum Gasteiger partial charge on any atom is 0.261 e. The lowest BCUT2D eigenvalue weighted by atomic mass is 10.1. The Morgan fingerprint density at radius 3 is 2.22 bits per heavy atom. The van der Waals surface area contributed by atoms with Crippen LogP contribution in [0.3, 0.4) is 0 Å². The van der Waals surface area contributed by atoms with Gasteiger partial charge < -0.3 is 5.32 Å². The lowest BCUT2D eigenvalue weighted by Crippen LogP contribution is -2.13. The van der Waals surface area contributed by atoms with Gasteiger partial charge >= 0.3 is 0 Å². The Kier molecular flexibility index (Phi) is 6.07. The molecule has 162 valence electrons. The van der Waals surface area contributed by atoms with Crippen LogP contribution in [-0.4, -0.2) is 19.3 Å². The second-order valence-electron chi connectivity index (χ2n) is 7.24. The second kappa shape index (κ2) is 8.94. The smallest absolute Gasteiger partial charge is 0.261 e. The zero-order valence-corrected chi connectivity index (χ0v) is 19.1.